The van der Waals surface area contributed by atoms with E-state index in [0.29, 0.717) is 6.17 Å². The van der Waals surface area contributed by atoms with Gasteiger partial charge in [-0.3, -0.25) is 0 Å². The molecule has 1 aromatic carbocycles. The molecule has 0 fully saturated rings. The first-order valence-electron chi connectivity index (χ1n) is 13.1. The summed E-state index contributed by atoms with van der Waals surface area (Å²) in [5, 5.41) is 0. The maximum atomic E-state index is 2.57. The van der Waals surface area contributed by atoms with E-state index in [-0.39, 0.29) is 0 Å². The molecule has 1 aliphatic heterocycles. The third-order valence-electron chi connectivity index (χ3n) is 6.47. The third kappa shape index (κ3) is 9.58. The summed E-state index contributed by atoms with van der Waals surface area (Å²) in [5.74, 6) is 0. The molecule has 0 N–H and O–H groups in total. The lowest BCUT2D eigenvalue weighted by Gasteiger charge is -2.33. The molecule has 30 heavy (non-hydrogen) atoms. The highest BCUT2D eigenvalue weighted by Gasteiger charge is 2.26. The number of hydrogen-bond donors (Lipinski definition) is 0. The highest BCUT2D eigenvalue weighted by Crippen LogP contribution is 2.31. The minimum absolute atomic E-state index is 0.399. The zero-order valence-corrected chi connectivity index (χ0v) is 20.0. The molecule has 1 atom stereocenters. The van der Waals surface area contributed by atoms with Gasteiger partial charge in [0.1, 0.15) is 6.17 Å². The Kier molecular flexibility index (Phi) is 13.5. The van der Waals surface area contributed by atoms with E-state index in [4.69, 9.17) is 0 Å². The Morgan fingerprint density at radius 1 is 0.533 bits per heavy atom. The summed E-state index contributed by atoms with van der Waals surface area (Å²) in [5.41, 5.74) is 1.43. The van der Waals surface area contributed by atoms with E-state index in [1.54, 1.807) is 0 Å². The minimum atomic E-state index is 0.399. The van der Waals surface area contributed by atoms with Crippen LogP contribution in [-0.4, -0.2) is 22.9 Å². The lowest BCUT2D eigenvalue weighted by molar-refractivity contribution is 0.150. The van der Waals surface area contributed by atoms with Gasteiger partial charge in [-0.25, -0.2) is 0 Å². The van der Waals surface area contributed by atoms with E-state index >= 15 is 0 Å². The molecule has 0 amide bonds. The molecule has 0 radical (unpaired) electrons. The van der Waals surface area contributed by atoms with E-state index in [1.165, 1.54) is 115 Å². The van der Waals surface area contributed by atoms with Crippen LogP contribution in [0.15, 0.2) is 42.7 Å². The first-order chi connectivity index (χ1) is 14.9. The van der Waals surface area contributed by atoms with Crippen LogP contribution in [0.5, 0.6) is 0 Å². The first kappa shape index (κ1) is 24.8. The van der Waals surface area contributed by atoms with Gasteiger partial charge >= 0.3 is 0 Å². The van der Waals surface area contributed by atoms with Crippen LogP contribution in [0.4, 0.5) is 0 Å². The van der Waals surface area contributed by atoms with Gasteiger partial charge in [-0.2, -0.15) is 0 Å². The SMILES string of the molecule is CCCCCCCCCCCCCCN1C=CN(CCCCC)C1c1ccccc1. The Morgan fingerprint density at radius 2 is 0.933 bits per heavy atom. The zero-order chi connectivity index (χ0) is 21.3. The summed E-state index contributed by atoms with van der Waals surface area (Å²) < 4.78 is 0. The molecular formula is C28H48N2. The van der Waals surface area contributed by atoms with E-state index in [0.717, 1.165) is 0 Å². The molecule has 1 aliphatic rings. The molecule has 1 heterocycles. The number of benzene rings is 1. The fraction of sp³-hybridized carbons (Fsp3) is 0.714. The average molecular weight is 413 g/mol. The molecule has 0 aromatic heterocycles. The molecule has 2 heteroatoms. The van der Waals surface area contributed by atoms with Crippen molar-refractivity contribution in [3.8, 4) is 0 Å². The normalized spacial score (nSPS) is 16.0. The van der Waals surface area contributed by atoms with Gasteiger partial charge < -0.3 is 9.80 Å². The van der Waals surface area contributed by atoms with E-state index in [9.17, 15) is 0 Å². The molecule has 0 aliphatic carbocycles. The van der Waals surface area contributed by atoms with Crippen molar-refractivity contribution in [2.75, 3.05) is 13.1 Å². The summed E-state index contributed by atoms with van der Waals surface area (Å²) in [7, 11) is 0. The number of unbranched alkanes of at least 4 members (excludes halogenated alkanes) is 13. The quantitative estimate of drug-likeness (QED) is 0.222. The van der Waals surface area contributed by atoms with E-state index in [1.807, 2.05) is 0 Å². The summed E-state index contributed by atoms with van der Waals surface area (Å²) in [4.78, 5) is 5.11. The molecule has 2 nitrogen and oxygen atoms in total. The van der Waals surface area contributed by atoms with Gasteiger partial charge in [-0.1, -0.05) is 128 Å². The topological polar surface area (TPSA) is 6.48 Å². The van der Waals surface area contributed by atoms with Gasteiger partial charge in [0, 0.05) is 25.5 Å². The first-order valence-corrected chi connectivity index (χ1v) is 13.1. The second-order valence-electron chi connectivity index (χ2n) is 9.15. The van der Waals surface area contributed by atoms with Crippen molar-refractivity contribution in [1.82, 2.24) is 9.80 Å². The standard InChI is InChI=1S/C28H48N2/c1-3-5-7-8-9-10-11-12-13-14-15-20-24-30-26-25-29(23-19-6-4-2)28(30)27-21-17-16-18-22-27/h16-18,21-22,25-26,28H,3-15,19-20,23-24H2,1-2H3. The van der Waals surface area contributed by atoms with Crippen molar-refractivity contribution in [2.45, 2.75) is 116 Å². The van der Waals surface area contributed by atoms with Crippen LogP contribution in [0.2, 0.25) is 0 Å². The van der Waals surface area contributed by atoms with Crippen molar-refractivity contribution in [3.63, 3.8) is 0 Å². The molecule has 0 saturated carbocycles. The van der Waals surface area contributed by atoms with Gasteiger partial charge in [0.2, 0.25) is 0 Å². The van der Waals surface area contributed by atoms with Gasteiger partial charge in [-0.05, 0) is 18.4 Å². The smallest absolute Gasteiger partial charge is 0.127 e. The van der Waals surface area contributed by atoms with E-state index in [2.05, 4.69) is 66.4 Å². The van der Waals surface area contributed by atoms with Crippen LogP contribution in [-0.2, 0) is 0 Å². The fourth-order valence-electron chi connectivity index (χ4n) is 4.61. The van der Waals surface area contributed by atoms with Crippen LogP contribution >= 0.6 is 0 Å². The third-order valence-corrected chi connectivity index (χ3v) is 6.47. The van der Waals surface area contributed by atoms with Gasteiger partial charge in [0.25, 0.3) is 0 Å². The predicted molar refractivity (Wildman–Crippen MR) is 132 cm³/mol. The molecule has 0 spiro atoms. The Hall–Kier alpha value is -1.44. The molecule has 0 bridgehead atoms. The predicted octanol–water partition coefficient (Wildman–Crippen LogP) is 8.67. The zero-order valence-electron chi connectivity index (χ0n) is 20.0. The maximum absolute atomic E-state index is 2.57. The number of rotatable bonds is 18. The fourth-order valence-corrected chi connectivity index (χ4v) is 4.61. The Labute approximate surface area is 187 Å². The van der Waals surface area contributed by atoms with Crippen LogP contribution in [0.3, 0.4) is 0 Å². The largest absolute Gasteiger partial charge is 0.352 e. The summed E-state index contributed by atoms with van der Waals surface area (Å²) in [6.45, 7) is 6.93. The second kappa shape index (κ2) is 16.3. The summed E-state index contributed by atoms with van der Waals surface area (Å²) >= 11 is 0. The molecule has 1 unspecified atom stereocenters. The molecular weight excluding hydrogens is 364 g/mol. The van der Waals surface area contributed by atoms with Gasteiger partial charge in [0.05, 0.1) is 0 Å². The number of nitrogens with zero attached hydrogens (tertiary/aromatic N) is 2. The second-order valence-corrected chi connectivity index (χ2v) is 9.15. The van der Waals surface area contributed by atoms with Gasteiger partial charge in [0.15, 0.2) is 0 Å². The van der Waals surface area contributed by atoms with Gasteiger partial charge in [-0.15, -0.1) is 0 Å². The Morgan fingerprint density at radius 3 is 1.43 bits per heavy atom. The van der Waals surface area contributed by atoms with Crippen LogP contribution in [0.25, 0.3) is 0 Å². The van der Waals surface area contributed by atoms with Crippen molar-refractivity contribution in [2.24, 2.45) is 0 Å². The highest BCUT2D eigenvalue weighted by atomic mass is 15.4. The van der Waals surface area contributed by atoms with Crippen molar-refractivity contribution >= 4 is 0 Å². The molecule has 1 aromatic rings. The highest BCUT2D eigenvalue weighted by molar-refractivity contribution is 5.21. The van der Waals surface area contributed by atoms with Crippen LogP contribution < -0.4 is 0 Å². The van der Waals surface area contributed by atoms with Crippen molar-refractivity contribution in [1.29, 1.82) is 0 Å². The van der Waals surface area contributed by atoms with E-state index < -0.39 is 0 Å². The minimum Gasteiger partial charge on any atom is -0.352 e. The van der Waals surface area contributed by atoms with Crippen molar-refractivity contribution < 1.29 is 0 Å². The van der Waals surface area contributed by atoms with Crippen LogP contribution in [0.1, 0.15) is 122 Å². The van der Waals surface area contributed by atoms with Crippen LogP contribution in [0, 0.1) is 0 Å². The molecule has 0 saturated heterocycles. The average Bonchev–Trinajstić information content (AvgIpc) is 3.18. The maximum Gasteiger partial charge on any atom is 0.127 e. The Balaban J connectivity index is 1.61. The lowest BCUT2D eigenvalue weighted by Crippen LogP contribution is -2.32. The monoisotopic (exact) mass is 412 g/mol. The summed E-state index contributed by atoms with van der Waals surface area (Å²) in [6, 6.07) is 11.1. The molecule has 170 valence electrons. The Bertz CT molecular complexity index is 539. The summed E-state index contributed by atoms with van der Waals surface area (Å²) in [6.07, 6.45) is 26.0. The number of hydrogen-bond acceptors (Lipinski definition) is 2. The lowest BCUT2D eigenvalue weighted by atomic mass is 10.1. The van der Waals surface area contributed by atoms with Crippen molar-refractivity contribution in [3.05, 3.63) is 48.3 Å². The molecule has 2 rings (SSSR count).